The third kappa shape index (κ3) is 4.86. The van der Waals surface area contributed by atoms with E-state index in [0.29, 0.717) is 33.4 Å². The highest BCUT2D eigenvalue weighted by Gasteiger charge is 2.15. The molecule has 0 unspecified atom stereocenters. The summed E-state index contributed by atoms with van der Waals surface area (Å²) in [5, 5.41) is 3.54. The molecule has 1 heterocycles. The Bertz CT molecular complexity index is 1010. The summed E-state index contributed by atoms with van der Waals surface area (Å²) in [5.74, 6) is -0.704. The number of carbonyl (C=O) groups excluding carboxylic acids is 2. The molecule has 3 rings (SSSR count). The fourth-order valence-corrected chi connectivity index (χ4v) is 3.80. The minimum atomic E-state index is -0.356. The molecule has 0 aliphatic heterocycles. The normalized spacial score (nSPS) is 10.8. The van der Waals surface area contributed by atoms with Gasteiger partial charge in [-0.15, -0.1) is 0 Å². The molecule has 2 aromatic carbocycles. The van der Waals surface area contributed by atoms with Crippen LogP contribution in [0.3, 0.4) is 0 Å². The number of unbranched alkanes of at least 4 members (excludes halogenated alkanes) is 1. The van der Waals surface area contributed by atoms with Gasteiger partial charge in [0.15, 0.2) is 5.13 Å². The lowest BCUT2D eigenvalue weighted by atomic mass is 10.2. The molecule has 27 heavy (non-hydrogen) atoms. The summed E-state index contributed by atoms with van der Waals surface area (Å²) in [7, 11) is 0. The van der Waals surface area contributed by atoms with Gasteiger partial charge in [0.1, 0.15) is 0 Å². The van der Waals surface area contributed by atoms with Gasteiger partial charge in [-0.2, -0.15) is 0 Å². The van der Waals surface area contributed by atoms with Crippen molar-refractivity contribution in [1.29, 1.82) is 0 Å². The maximum Gasteiger partial charge on any atom is 0.338 e. The van der Waals surface area contributed by atoms with Gasteiger partial charge < -0.3 is 4.74 Å². The third-order valence-electron chi connectivity index (χ3n) is 3.75. The van der Waals surface area contributed by atoms with Gasteiger partial charge in [0.2, 0.25) is 0 Å². The summed E-state index contributed by atoms with van der Waals surface area (Å²) in [5.41, 5.74) is 1.52. The van der Waals surface area contributed by atoms with Gasteiger partial charge in [-0.1, -0.05) is 52.2 Å². The van der Waals surface area contributed by atoms with Crippen molar-refractivity contribution in [3.8, 4) is 0 Å². The average Bonchev–Trinajstić information content (AvgIpc) is 3.05. The molecule has 0 fully saturated rings. The highest BCUT2D eigenvalue weighted by atomic mass is 79.9. The number of hydrogen-bond acceptors (Lipinski definition) is 5. The number of thiazole rings is 1. The molecule has 0 saturated heterocycles. The fraction of sp³-hybridized carbons (Fsp3) is 0.211. The van der Waals surface area contributed by atoms with Crippen LogP contribution in [0.2, 0.25) is 5.02 Å². The van der Waals surface area contributed by atoms with E-state index in [2.05, 4.69) is 26.2 Å². The number of nitrogens with zero attached hydrogens (tertiary/aromatic N) is 1. The molecule has 1 N–H and O–H groups in total. The summed E-state index contributed by atoms with van der Waals surface area (Å²) in [4.78, 5) is 28.9. The van der Waals surface area contributed by atoms with Crippen LogP contribution in [0.25, 0.3) is 10.2 Å². The summed E-state index contributed by atoms with van der Waals surface area (Å²) < 4.78 is 6.77. The number of fused-ring (bicyclic) bond motifs is 1. The summed E-state index contributed by atoms with van der Waals surface area (Å²) in [6.07, 6.45) is 1.80. The number of carbonyl (C=O) groups is 2. The first-order valence-corrected chi connectivity index (χ1v) is 10.3. The van der Waals surface area contributed by atoms with Crippen LogP contribution >= 0.6 is 38.9 Å². The van der Waals surface area contributed by atoms with Crippen LogP contribution in [0.1, 0.15) is 40.5 Å². The van der Waals surface area contributed by atoms with Gasteiger partial charge in [0, 0.05) is 4.47 Å². The van der Waals surface area contributed by atoms with Crippen molar-refractivity contribution >= 4 is 66.1 Å². The lowest BCUT2D eigenvalue weighted by molar-refractivity contribution is 0.0500. The van der Waals surface area contributed by atoms with E-state index in [1.165, 1.54) is 11.3 Å². The lowest BCUT2D eigenvalue weighted by Gasteiger charge is -2.04. The maximum atomic E-state index is 12.5. The summed E-state index contributed by atoms with van der Waals surface area (Å²) >= 11 is 10.7. The first-order chi connectivity index (χ1) is 13.0. The molecule has 0 spiro atoms. The smallest absolute Gasteiger partial charge is 0.338 e. The minimum absolute atomic E-state index is 0.348. The number of rotatable bonds is 6. The topological polar surface area (TPSA) is 68.3 Å². The molecule has 1 amide bonds. The number of benzene rings is 2. The second-order valence-electron chi connectivity index (χ2n) is 5.77. The van der Waals surface area contributed by atoms with E-state index in [1.807, 2.05) is 6.92 Å². The second kappa shape index (κ2) is 8.82. The Labute approximate surface area is 173 Å². The van der Waals surface area contributed by atoms with Crippen molar-refractivity contribution < 1.29 is 14.3 Å². The lowest BCUT2D eigenvalue weighted by Crippen LogP contribution is -2.12. The van der Waals surface area contributed by atoms with Gasteiger partial charge in [-0.3, -0.25) is 10.1 Å². The van der Waals surface area contributed by atoms with E-state index < -0.39 is 0 Å². The summed E-state index contributed by atoms with van der Waals surface area (Å²) in [6, 6.07) is 10.2. The fourth-order valence-electron chi connectivity index (χ4n) is 2.33. The van der Waals surface area contributed by atoms with Crippen molar-refractivity contribution in [3.05, 3.63) is 57.0 Å². The van der Waals surface area contributed by atoms with Crippen LogP contribution in [0.4, 0.5) is 5.13 Å². The van der Waals surface area contributed by atoms with Gasteiger partial charge in [0.05, 0.1) is 33.0 Å². The highest BCUT2D eigenvalue weighted by Crippen LogP contribution is 2.28. The van der Waals surface area contributed by atoms with Gasteiger partial charge in [-0.25, -0.2) is 9.78 Å². The van der Waals surface area contributed by atoms with Crippen LogP contribution in [0.15, 0.2) is 40.9 Å². The van der Waals surface area contributed by atoms with E-state index in [0.717, 1.165) is 22.0 Å². The summed E-state index contributed by atoms with van der Waals surface area (Å²) in [6.45, 7) is 2.44. The maximum absolute atomic E-state index is 12.5. The van der Waals surface area contributed by atoms with Crippen molar-refractivity contribution in [3.63, 3.8) is 0 Å². The van der Waals surface area contributed by atoms with Crippen molar-refractivity contribution in [2.24, 2.45) is 0 Å². The van der Waals surface area contributed by atoms with Crippen molar-refractivity contribution in [2.75, 3.05) is 11.9 Å². The molecule has 5 nitrogen and oxygen atoms in total. The molecule has 8 heteroatoms. The number of esters is 1. The zero-order chi connectivity index (χ0) is 19.4. The molecule has 0 aliphatic rings. The second-order valence-corrected chi connectivity index (χ2v) is 8.12. The molecule has 0 radical (unpaired) electrons. The van der Waals surface area contributed by atoms with Crippen LogP contribution in [0.5, 0.6) is 0 Å². The number of amides is 1. The number of hydrogen-bond donors (Lipinski definition) is 1. The Morgan fingerprint density at radius 1 is 1.26 bits per heavy atom. The van der Waals surface area contributed by atoms with E-state index >= 15 is 0 Å². The predicted molar refractivity (Wildman–Crippen MR) is 112 cm³/mol. The Kier molecular flexibility index (Phi) is 6.46. The van der Waals surface area contributed by atoms with Crippen molar-refractivity contribution in [2.45, 2.75) is 19.8 Å². The predicted octanol–water partition coefficient (Wildman–Crippen LogP) is 5.92. The average molecular weight is 468 g/mol. The molecule has 0 bridgehead atoms. The minimum Gasteiger partial charge on any atom is -0.462 e. The van der Waals surface area contributed by atoms with Crippen LogP contribution in [0, 0.1) is 0 Å². The highest BCUT2D eigenvalue weighted by molar-refractivity contribution is 9.10. The molecule has 3 aromatic rings. The molecular formula is C19H16BrClN2O3S. The van der Waals surface area contributed by atoms with E-state index in [9.17, 15) is 9.59 Å². The first-order valence-electron chi connectivity index (χ1n) is 8.32. The Morgan fingerprint density at radius 2 is 2.07 bits per heavy atom. The van der Waals surface area contributed by atoms with Crippen molar-refractivity contribution in [1.82, 2.24) is 4.98 Å². The molecule has 0 saturated carbocycles. The van der Waals surface area contributed by atoms with Crippen LogP contribution in [-0.4, -0.2) is 23.5 Å². The molecular weight excluding hydrogens is 452 g/mol. The van der Waals surface area contributed by atoms with Crippen LogP contribution in [-0.2, 0) is 4.74 Å². The van der Waals surface area contributed by atoms with E-state index in [-0.39, 0.29) is 11.9 Å². The number of nitrogens with one attached hydrogen (secondary N) is 1. The number of halogens is 2. The zero-order valence-electron chi connectivity index (χ0n) is 14.4. The van der Waals surface area contributed by atoms with Crippen LogP contribution < -0.4 is 5.32 Å². The molecule has 0 atom stereocenters. The van der Waals surface area contributed by atoms with E-state index in [4.69, 9.17) is 16.3 Å². The number of aromatic nitrogens is 1. The van der Waals surface area contributed by atoms with E-state index in [1.54, 1.807) is 36.4 Å². The molecule has 140 valence electrons. The molecule has 1 aromatic heterocycles. The quantitative estimate of drug-likeness (QED) is 0.361. The Balaban J connectivity index is 1.77. The zero-order valence-corrected chi connectivity index (χ0v) is 17.6. The van der Waals surface area contributed by atoms with Gasteiger partial charge >= 0.3 is 5.97 Å². The molecule has 0 aliphatic carbocycles. The Hall–Kier alpha value is -1.96. The number of ether oxygens (including phenoxy) is 1. The number of anilines is 1. The van der Waals surface area contributed by atoms with Gasteiger partial charge in [-0.05, 0) is 42.8 Å². The Morgan fingerprint density at radius 3 is 2.85 bits per heavy atom. The third-order valence-corrected chi connectivity index (χ3v) is 5.51. The monoisotopic (exact) mass is 466 g/mol. The van der Waals surface area contributed by atoms with Gasteiger partial charge in [0.25, 0.3) is 5.91 Å². The SMILES string of the molecule is CCCCOC(=O)c1ccc2nc(NC(=O)c3cc(Br)ccc3Cl)sc2c1. The standard InChI is InChI=1S/C19H16BrClN2O3S/c1-2-3-8-26-18(25)11-4-7-15-16(9-11)27-19(22-15)23-17(24)13-10-12(20)5-6-14(13)21/h4-7,9-10H,2-3,8H2,1H3,(H,22,23,24). The first kappa shape index (κ1) is 19.8. The largest absolute Gasteiger partial charge is 0.462 e.